The minimum Gasteiger partial charge on any atom is -0.497 e. The number of methoxy groups -OCH3 is 1. The molecule has 12 heteroatoms. The summed E-state index contributed by atoms with van der Waals surface area (Å²) in [4.78, 5) is 35.2. The van der Waals surface area contributed by atoms with Crippen molar-refractivity contribution in [1.82, 2.24) is 24.9 Å². The molecule has 11 nitrogen and oxygen atoms in total. The van der Waals surface area contributed by atoms with Gasteiger partial charge in [0, 0.05) is 22.7 Å². The molecule has 2 atom stereocenters. The van der Waals surface area contributed by atoms with Crippen LogP contribution in [0, 0.1) is 5.92 Å². The maximum absolute atomic E-state index is 14.4. The number of carbonyl (C=O) groups excluding carboxylic acids is 2. The number of ether oxygens (including phenoxy) is 3. The number of allylic oxidation sites excluding steroid dienone is 2. The Kier molecular flexibility index (Phi) is 8.34. The van der Waals surface area contributed by atoms with Gasteiger partial charge in [-0.1, -0.05) is 29.5 Å². The van der Waals surface area contributed by atoms with Gasteiger partial charge in [0.15, 0.2) is 11.5 Å². The highest BCUT2D eigenvalue weighted by atomic mass is 32.1. The molecule has 0 radical (unpaired) electrons. The van der Waals surface area contributed by atoms with Crippen molar-refractivity contribution < 1.29 is 23.8 Å². The number of nitrogens with zero attached hydrogens (tertiary/aromatic N) is 5. The van der Waals surface area contributed by atoms with E-state index in [-0.39, 0.29) is 37.6 Å². The van der Waals surface area contributed by atoms with Gasteiger partial charge in [-0.25, -0.2) is 9.67 Å². The molecule has 46 heavy (non-hydrogen) atoms. The summed E-state index contributed by atoms with van der Waals surface area (Å²) in [7, 11) is 1.63. The maximum Gasteiger partial charge on any atom is 0.247 e. The van der Waals surface area contributed by atoms with Gasteiger partial charge in [0.25, 0.3) is 0 Å². The molecule has 2 unspecified atom stereocenters. The summed E-state index contributed by atoms with van der Waals surface area (Å²) in [5.41, 5.74) is 3.73. The van der Waals surface area contributed by atoms with E-state index < -0.39 is 6.04 Å². The van der Waals surface area contributed by atoms with Gasteiger partial charge in [-0.05, 0) is 73.7 Å². The highest BCUT2D eigenvalue weighted by molar-refractivity contribution is 7.09. The average molecular weight is 637 g/mol. The quantitative estimate of drug-likeness (QED) is 0.194. The lowest BCUT2D eigenvalue weighted by molar-refractivity contribution is -0.142. The molecule has 1 N–H and O–H groups in total. The zero-order valence-corrected chi connectivity index (χ0v) is 26.0. The second kappa shape index (κ2) is 13.0. The van der Waals surface area contributed by atoms with Crippen LogP contribution in [0.25, 0.3) is 22.3 Å². The Morgan fingerprint density at radius 3 is 2.76 bits per heavy atom. The Bertz CT molecular complexity index is 1900. The SMILES string of the molecule is COc1ccc(-c2csc(CN(C(=O)Cn3nnc4ccccc43)C(C(=O)Nc3ccc4c(c3)OCO4)C3CC=CCC3)n2)cc1. The third kappa shape index (κ3) is 6.16. The molecule has 2 aliphatic rings. The molecule has 2 amide bonds. The van der Waals surface area contributed by atoms with Crippen LogP contribution in [0.3, 0.4) is 0 Å². The third-order valence-corrected chi connectivity index (χ3v) is 9.10. The molecule has 1 aliphatic carbocycles. The van der Waals surface area contributed by atoms with Crippen LogP contribution in [0.1, 0.15) is 24.3 Å². The number of aromatic nitrogens is 4. The summed E-state index contributed by atoms with van der Waals surface area (Å²) in [6.45, 7) is 0.217. The summed E-state index contributed by atoms with van der Waals surface area (Å²) in [5.74, 6) is 1.32. The molecule has 0 fully saturated rings. The van der Waals surface area contributed by atoms with Gasteiger partial charge in [-0.3, -0.25) is 9.59 Å². The monoisotopic (exact) mass is 636 g/mol. The molecule has 3 heterocycles. The van der Waals surface area contributed by atoms with E-state index in [2.05, 4.69) is 27.8 Å². The largest absolute Gasteiger partial charge is 0.497 e. The van der Waals surface area contributed by atoms with Crippen LogP contribution in [0.5, 0.6) is 17.2 Å². The van der Waals surface area contributed by atoms with E-state index in [0.717, 1.165) is 40.4 Å². The summed E-state index contributed by atoms with van der Waals surface area (Å²) < 4.78 is 17.9. The van der Waals surface area contributed by atoms with Crippen LogP contribution in [0.15, 0.2) is 84.3 Å². The van der Waals surface area contributed by atoms with Gasteiger partial charge >= 0.3 is 0 Å². The van der Waals surface area contributed by atoms with E-state index in [1.807, 2.05) is 53.9 Å². The van der Waals surface area contributed by atoms with Gasteiger partial charge in [0.05, 0.1) is 24.9 Å². The minimum atomic E-state index is -0.772. The summed E-state index contributed by atoms with van der Waals surface area (Å²) in [6, 6.07) is 19.7. The Labute approximate surface area is 269 Å². The fourth-order valence-electron chi connectivity index (χ4n) is 5.92. The highest BCUT2D eigenvalue weighted by Gasteiger charge is 2.37. The number of anilines is 1. The van der Waals surface area contributed by atoms with E-state index in [0.29, 0.717) is 29.1 Å². The number of benzene rings is 3. The first-order valence-electron chi connectivity index (χ1n) is 15.1. The van der Waals surface area contributed by atoms with Crippen molar-refractivity contribution in [3.63, 3.8) is 0 Å². The first-order chi connectivity index (χ1) is 22.6. The lowest BCUT2D eigenvalue weighted by atomic mass is 9.86. The predicted molar refractivity (Wildman–Crippen MR) is 174 cm³/mol. The van der Waals surface area contributed by atoms with Gasteiger partial charge in [-0.2, -0.15) is 0 Å². The van der Waals surface area contributed by atoms with Crippen molar-refractivity contribution in [2.45, 2.75) is 38.4 Å². The topological polar surface area (TPSA) is 121 Å². The smallest absolute Gasteiger partial charge is 0.247 e. The zero-order chi connectivity index (χ0) is 31.5. The molecule has 1 aliphatic heterocycles. The molecule has 234 valence electrons. The van der Waals surface area contributed by atoms with Crippen molar-refractivity contribution in [3.05, 3.63) is 89.3 Å². The molecule has 2 aromatic heterocycles. The first kappa shape index (κ1) is 29.5. The summed E-state index contributed by atoms with van der Waals surface area (Å²) in [5, 5.41) is 14.2. The number of thiazole rings is 1. The molecule has 0 spiro atoms. The molecular formula is C34H32N6O5S. The zero-order valence-electron chi connectivity index (χ0n) is 25.2. The van der Waals surface area contributed by atoms with Crippen LogP contribution in [-0.4, -0.2) is 56.6 Å². The lowest BCUT2D eigenvalue weighted by Crippen LogP contribution is -2.52. The molecule has 5 aromatic rings. The number of rotatable bonds is 10. The molecule has 0 saturated heterocycles. The first-order valence-corrected chi connectivity index (χ1v) is 16.0. The molecule has 0 saturated carbocycles. The fourth-order valence-corrected chi connectivity index (χ4v) is 6.72. The van der Waals surface area contributed by atoms with Crippen LogP contribution in [0.2, 0.25) is 0 Å². The van der Waals surface area contributed by atoms with Crippen molar-refractivity contribution in [2.24, 2.45) is 5.92 Å². The minimum absolute atomic E-state index is 0.0758. The second-order valence-electron chi connectivity index (χ2n) is 11.2. The molecule has 0 bridgehead atoms. The van der Waals surface area contributed by atoms with Crippen LogP contribution in [0.4, 0.5) is 5.69 Å². The van der Waals surface area contributed by atoms with E-state index in [4.69, 9.17) is 19.2 Å². The predicted octanol–water partition coefficient (Wildman–Crippen LogP) is 5.68. The average Bonchev–Trinajstić information content (AvgIpc) is 3.85. The number of hydrogen-bond acceptors (Lipinski definition) is 9. The van der Waals surface area contributed by atoms with Gasteiger partial charge < -0.3 is 24.4 Å². The number of nitrogens with one attached hydrogen (secondary N) is 1. The number of fused-ring (bicyclic) bond motifs is 2. The fraction of sp³-hybridized carbons (Fsp3) is 0.265. The Hall–Kier alpha value is -5.23. The normalized spacial score (nSPS) is 15.9. The number of carbonyl (C=O) groups is 2. The van der Waals surface area contributed by atoms with Gasteiger partial charge in [-0.15, -0.1) is 16.4 Å². The van der Waals surface area contributed by atoms with Crippen LogP contribution >= 0.6 is 11.3 Å². The summed E-state index contributed by atoms with van der Waals surface area (Å²) >= 11 is 1.46. The number of para-hydroxylation sites is 1. The molecule has 3 aromatic carbocycles. The Morgan fingerprint density at radius 2 is 1.93 bits per heavy atom. The Morgan fingerprint density at radius 1 is 1.09 bits per heavy atom. The van der Waals surface area contributed by atoms with Gasteiger partial charge in [0.1, 0.15) is 28.9 Å². The van der Waals surface area contributed by atoms with Crippen molar-refractivity contribution in [2.75, 3.05) is 19.2 Å². The van der Waals surface area contributed by atoms with Crippen molar-refractivity contribution in [1.29, 1.82) is 0 Å². The third-order valence-electron chi connectivity index (χ3n) is 8.27. The van der Waals surface area contributed by atoms with Crippen molar-refractivity contribution in [3.8, 4) is 28.5 Å². The molecule has 7 rings (SSSR count). The number of hydrogen-bond donors (Lipinski definition) is 1. The van der Waals surface area contributed by atoms with Gasteiger partial charge in [0.2, 0.25) is 18.6 Å². The standard InChI is InChI=1S/C34H32N6O5S/c1-43-25-14-11-22(12-15-25)27-20-46-31(36-27)18-39(32(41)19-40-28-10-6-5-9-26(28)37-38-40)33(23-7-3-2-4-8-23)34(42)35-24-13-16-29-30(17-24)45-21-44-29/h2-3,5-6,9-17,20,23,33H,4,7-8,18-19,21H2,1H3,(H,35,42). The van der Waals surface area contributed by atoms with E-state index in [9.17, 15) is 9.59 Å². The molecular weight excluding hydrogens is 604 g/mol. The maximum atomic E-state index is 14.4. The Balaban J connectivity index is 1.22. The van der Waals surface area contributed by atoms with Crippen molar-refractivity contribution >= 4 is 39.9 Å². The second-order valence-corrected chi connectivity index (χ2v) is 12.1. The highest BCUT2D eigenvalue weighted by Crippen LogP contribution is 2.35. The summed E-state index contributed by atoms with van der Waals surface area (Å²) in [6.07, 6.45) is 6.48. The van der Waals surface area contributed by atoms with Crippen LogP contribution in [-0.2, 0) is 22.7 Å². The van der Waals surface area contributed by atoms with Crippen LogP contribution < -0.4 is 19.5 Å². The van der Waals surface area contributed by atoms with E-state index in [1.54, 1.807) is 34.9 Å². The lowest BCUT2D eigenvalue weighted by Gasteiger charge is -2.36. The van der Waals surface area contributed by atoms with E-state index in [1.165, 1.54) is 11.3 Å². The van der Waals surface area contributed by atoms with E-state index >= 15 is 0 Å². The number of amides is 2.